The minimum Gasteiger partial charge on any atom is -0.394 e. The number of carbonyl (C=O) groups is 3. The summed E-state index contributed by atoms with van der Waals surface area (Å²) in [6, 6.07) is -1.41. The van der Waals surface area contributed by atoms with Gasteiger partial charge in [-0.25, -0.2) is 0 Å². The summed E-state index contributed by atoms with van der Waals surface area (Å²) < 4.78 is 6.49. The Hall–Kier alpha value is -1.67. The molecule has 7 atom stereocenters. The van der Waals surface area contributed by atoms with Gasteiger partial charge in [0, 0.05) is 12.6 Å². The SMILES string of the molecule is CCCNC(=O)[C@H]1[C@H]2C(=O)N([C@H](C)CO)C(C(=O)NC(C)CCC)C23CC[C@]1(C)O3. The number of hydrogen-bond donors (Lipinski definition) is 3. The maximum absolute atomic E-state index is 13.6. The Morgan fingerprint density at radius 1 is 1.23 bits per heavy atom. The molecule has 0 radical (unpaired) electrons. The van der Waals surface area contributed by atoms with Crippen LogP contribution in [0.4, 0.5) is 0 Å². The van der Waals surface area contributed by atoms with Gasteiger partial charge in [-0.3, -0.25) is 14.4 Å². The Bertz CT molecular complexity index is 700. The van der Waals surface area contributed by atoms with E-state index in [0.717, 1.165) is 19.3 Å². The average molecular weight is 424 g/mol. The van der Waals surface area contributed by atoms with E-state index in [2.05, 4.69) is 17.6 Å². The van der Waals surface area contributed by atoms with Crippen LogP contribution in [0.1, 0.15) is 66.7 Å². The topological polar surface area (TPSA) is 108 Å². The zero-order valence-electron chi connectivity index (χ0n) is 18.9. The molecule has 3 N–H and O–H groups in total. The van der Waals surface area contributed by atoms with Gasteiger partial charge in [-0.05, 0) is 46.5 Å². The van der Waals surface area contributed by atoms with E-state index in [1.807, 2.05) is 20.8 Å². The second kappa shape index (κ2) is 8.46. The molecule has 3 aliphatic rings. The first-order chi connectivity index (χ1) is 14.2. The lowest BCUT2D eigenvalue weighted by Gasteiger charge is -2.36. The van der Waals surface area contributed by atoms with Crippen molar-refractivity contribution >= 4 is 17.7 Å². The Morgan fingerprint density at radius 3 is 2.53 bits per heavy atom. The van der Waals surface area contributed by atoms with Gasteiger partial charge in [0.1, 0.15) is 11.6 Å². The first-order valence-corrected chi connectivity index (χ1v) is 11.4. The lowest BCUT2D eigenvalue weighted by atomic mass is 9.66. The molecule has 3 aliphatic heterocycles. The number of carbonyl (C=O) groups excluding carboxylic acids is 3. The number of hydrogen-bond acceptors (Lipinski definition) is 5. The smallest absolute Gasteiger partial charge is 0.246 e. The highest BCUT2D eigenvalue weighted by Gasteiger charge is 2.78. The summed E-state index contributed by atoms with van der Waals surface area (Å²) in [7, 11) is 0. The summed E-state index contributed by atoms with van der Waals surface area (Å²) in [6.07, 6.45) is 3.74. The van der Waals surface area contributed by atoms with Crippen molar-refractivity contribution in [1.82, 2.24) is 15.5 Å². The molecule has 3 fully saturated rings. The van der Waals surface area contributed by atoms with Crippen LogP contribution in [0.3, 0.4) is 0 Å². The van der Waals surface area contributed by atoms with Crippen LogP contribution < -0.4 is 10.6 Å². The van der Waals surface area contributed by atoms with E-state index >= 15 is 0 Å². The predicted molar refractivity (Wildman–Crippen MR) is 111 cm³/mol. The molecule has 8 heteroatoms. The highest BCUT2D eigenvalue weighted by Crippen LogP contribution is 2.63. The van der Waals surface area contributed by atoms with Crippen molar-refractivity contribution < 1.29 is 24.2 Å². The van der Waals surface area contributed by atoms with E-state index < -0.39 is 35.1 Å². The maximum Gasteiger partial charge on any atom is 0.246 e. The van der Waals surface area contributed by atoms with Crippen molar-refractivity contribution in [3.05, 3.63) is 0 Å². The quantitative estimate of drug-likeness (QED) is 0.512. The molecular weight excluding hydrogens is 386 g/mol. The van der Waals surface area contributed by atoms with Gasteiger partial charge in [0.15, 0.2) is 0 Å². The third-order valence-electron chi connectivity index (χ3n) is 7.14. The number of fused-ring (bicyclic) bond motifs is 1. The lowest BCUT2D eigenvalue weighted by molar-refractivity contribution is -0.149. The second-order valence-electron chi connectivity index (χ2n) is 9.49. The third kappa shape index (κ3) is 3.42. The molecule has 3 heterocycles. The van der Waals surface area contributed by atoms with Gasteiger partial charge in [0.2, 0.25) is 17.7 Å². The van der Waals surface area contributed by atoms with Crippen LogP contribution in [0.5, 0.6) is 0 Å². The van der Waals surface area contributed by atoms with Crippen LogP contribution >= 0.6 is 0 Å². The molecule has 0 aromatic heterocycles. The monoisotopic (exact) mass is 423 g/mol. The molecule has 0 saturated carbocycles. The Labute approximate surface area is 179 Å². The number of amides is 3. The van der Waals surface area contributed by atoms with Gasteiger partial charge in [0.25, 0.3) is 0 Å². The van der Waals surface area contributed by atoms with Crippen molar-refractivity contribution in [2.75, 3.05) is 13.2 Å². The Morgan fingerprint density at radius 2 is 1.93 bits per heavy atom. The summed E-state index contributed by atoms with van der Waals surface area (Å²) in [5.74, 6) is -2.05. The van der Waals surface area contributed by atoms with E-state index in [1.54, 1.807) is 6.92 Å². The van der Waals surface area contributed by atoms with E-state index in [1.165, 1.54) is 4.90 Å². The zero-order chi connectivity index (χ0) is 22.3. The molecule has 0 aromatic rings. The molecule has 3 amide bonds. The predicted octanol–water partition coefficient (Wildman–Crippen LogP) is 0.963. The van der Waals surface area contributed by atoms with Crippen molar-refractivity contribution in [1.29, 1.82) is 0 Å². The van der Waals surface area contributed by atoms with Crippen molar-refractivity contribution in [2.45, 2.75) is 96.1 Å². The number of aliphatic hydroxyl groups excluding tert-OH is 1. The third-order valence-corrected chi connectivity index (χ3v) is 7.14. The van der Waals surface area contributed by atoms with E-state index in [-0.39, 0.29) is 30.4 Å². The van der Waals surface area contributed by atoms with E-state index in [9.17, 15) is 19.5 Å². The average Bonchev–Trinajstić information content (AvgIpc) is 3.26. The van der Waals surface area contributed by atoms with Crippen LogP contribution in [0.15, 0.2) is 0 Å². The number of ether oxygens (including phenoxy) is 1. The van der Waals surface area contributed by atoms with Gasteiger partial charge in [-0.2, -0.15) is 0 Å². The minimum atomic E-state index is -1.03. The van der Waals surface area contributed by atoms with Crippen molar-refractivity contribution in [2.24, 2.45) is 11.8 Å². The van der Waals surface area contributed by atoms with Gasteiger partial charge in [-0.1, -0.05) is 20.3 Å². The first kappa shape index (κ1) is 23.0. The number of rotatable bonds is 9. The van der Waals surface area contributed by atoms with Crippen molar-refractivity contribution in [3.63, 3.8) is 0 Å². The van der Waals surface area contributed by atoms with Crippen LogP contribution in [0, 0.1) is 11.8 Å². The number of nitrogens with zero attached hydrogens (tertiary/aromatic N) is 1. The normalized spacial score (nSPS) is 36.5. The van der Waals surface area contributed by atoms with Crippen LogP contribution in [0.25, 0.3) is 0 Å². The number of likely N-dealkylation sites (tertiary alicyclic amines) is 1. The fourth-order valence-electron chi connectivity index (χ4n) is 5.81. The zero-order valence-corrected chi connectivity index (χ0v) is 18.9. The lowest BCUT2D eigenvalue weighted by Crippen LogP contribution is -2.58. The van der Waals surface area contributed by atoms with Gasteiger partial charge in [-0.15, -0.1) is 0 Å². The fourth-order valence-corrected chi connectivity index (χ4v) is 5.81. The van der Waals surface area contributed by atoms with E-state index in [0.29, 0.717) is 19.4 Å². The molecule has 3 saturated heterocycles. The summed E-state index contributed by atoms with van der Waals surface area (Å²) in [6.45, 7) is 9.87. The summed E-state index contributed by atoms with van der Waals surface area (Å²) in [4.78, 5) is 41.6. The van der Waals surface area contributed by atoms with Crippen molar-refractivity contribution in [3.8, 4) is 0 Å². The Kier molecular flexibility index (Phi) is 6.49. The van der Waals surface area contributed by atoms with Gasteiger partial charge >= 0.3 is 0 Å². The fraction of sp³-hybridized carbons (Fsp3) is 0.864. The summed E-state index contributed by atoms with van der Waals surface area (Å²) >= 11 is 0. The first-order valence-electron chi connectivity index (χ1n) is 11.4. The molecule has 2 bridgehead atoms. The van der Waals surface area contributed by atoms with Gasteiger partial charge < -0.3 is 25.4 Å². The number of nitrogens with one attached hydrogen (secondary N) is 2. The molecule has 1 spiro atoms. The highest BCUT2D eigenvalue weighted by atomic mass is 16.5. The molecular formula is C22H37N3O5. The number of aliphatic hydroxyl groups is 1. The molecule has 0 aromatic carbocycles. The van der Waals surface area contributed by atoms with Gasteiger partial charge in [0.05, 0.1) is 30.1 Å². The largest absolute Gasteiger partial charge is 0.394 e. The molecule has 0 aliphatic carbocycles. The Balaban J connectivity index is 1.99. The molecule has 170 valence electrons. The standard InChI is InChI=1S/C22H37N3O5/c1-6-8-13(3)24-19(28)17-22-10-9-21(5,30-22)15(18(27)23-11-7-2)16(22)20(29)25(17)14(4)12-26/h13-17,26H,6-12H2,1-5H3,(H,23,27)(H,24,28)/t13?,14-,15-,16+,17?,21+,22?/m1/s1. The molecule has 3 rings (SSSR count). The molecule has 8 nitrogen and oxygen atoms in total. The summed E-state index contributed by atoms with van der Waals surface area (Å²) in [5, 5.41) is 15.8. The molecule has 3 unspecified atom stereocenters. The minimum absolute atomic E-state index is 0.0304. The van der Waals surface area contributed by atoms with Crippen LogP contribution in [-0.2, 0) is 19.1 Å². The van der Waals surface area contributed by atoms with Crippen LogP contribution in [-0.4, -0.2) is 70.2 Å². The second-order valence-corrected chi connectivity index (χ2v) is 9.49. The van der Waals surface area contributed by atoms with Crippen LogP contribution in [0.2, 0.25) is 0 Å². The van der Waals surface area contributed by atoms with E-state index in [4.69, 9.17) is 4.74 Å². The highest BCUT2D eigenvalue weighted by molar-refractivity contribution is 5.99. The molecule has 30 heavy (non-hydrogen) atoms. The maximum atomic E-state index is 13.6. The summed E-state index contributed by atoms with van der Waals surface area (Å²) in [5.41, 5.74) is -1.79.